The molecule has 1 atom stereocenters. The number of amides is 2. The van der Waals surface area contributed by atoms with E-state index in [1.165, 1.54) is 0 Å². The lowest BCUT2D eigenvalue weighted by atomic mass is 9.85. The predicted octanol–water partition coefficient (Wildman–Crippen LogP) is 1.22. The Bertz CT molecular complexity index is 278. The number of carbonyl (C=O) groups excluding carboxylic acids is 1. The smallest absolute Gasteiger partial charge is 0.274 e. The van der Waals surface area contributed by atoms with E-state index >= 15 is 0 Å². The molecule has 0 aromatic rings. The van der Waals surface area contributed by atoms with Crippen molar-refractivity contribution in [2.45, 2.75) is 32.1 Å². The summed E-state index contributed by atoms with van der Waals surface area (Å²) in [7, 11) is 0. The maximum Gasteiger partial charge on any atom is 0.354 e. The van der Waals surface area contributed by atoms with Gasteiger partial charge in [0.1, 0.15) is 0 Å². The van der Waals surface area contributed by atoms with Gasteiger partial charge in [0.05, 0.1) is 0 Å². The molecular formula is C10H15N3O. The van der Waals surface area contributed by atoms with Crippen LogP contribution in [0.15, 0.2) is 4.99 Å². The maximum absolute atomic E-state index is 11.0. The molecule has 76 valence electrons. The molecule has 0 radical (unpaired) electrons. The molecule has 14 heavy (non-hydrogen) atoms. The first-order valence-corrected chi connectivity index (χ1v) is 4.79. The number of nitrogens with two attached hydrogens (primary N) is 1. The number of terminal acetylenes is 1. The number of nitrogens with one attached hydrogen (secondary N) is 1. The molecule has 0 bridgehead atoms. The highest BCUT2D eigenvalue weighted by atomic mass is 16.2. The van der Waals surface area contributed by atoms with Gasteiger partial charge in [0.2, 0.25) is 0 Å². The first kappa shape index (κ1) is 10.7. The van der Waals surface area contributed by atoms with E-state index in [9.17, 15) is 4.79 Å². The molecule has 0 saturated heterocycles. The lowest BCUT2D eigenvalue weighted by Gasteiger charge is -2.21. The van der Waals surface area contributed by atoms with Crippen LogP contribution in [-0.2, 0) is 0 Å². The van der Waals surface area contributed by atoms with Crippen LogP contribution in [0.25, 0.3) is 0 Å². The van der Waals surface area contributed by atoms with Gasteiger partial charge in [-0.15, -0.1) is 12.3 Å². The van der Waals surface area contributed by atoms with Gasteiger partial charge >= 0.3 is 6.03 Å². The van der Waals surface area contributed by atoms with Crippen LogP contribution in [0.5, 0.6) is 0 Å². The second kappa shape index (κ2) is 5.40. The number of rotatable bonds is 1. The molecule has 1 saturated carbocycles. The minimum Gasteiger partial charge on any atom is -0.274 e. The summed E-state index contributed by atoms with van der Waals surface area (Å²) < 4.78 is 0. The van der Waals surface area contributed by atoms with Crippen LogP contribution in [0.2, 0.25) is 0 Å². The molecule has 1 unspecified atom stereocenters. The highest BCUT2D eigenvalue weighted by Crippen LogP contribution is 2.24. The first-order valence-electron chi connectivity index (χ1n) is 4.79. The number of hydrazine groups is 1. The van der Waals surface area contributed by atoms with E-state index in [1.807, 2.05) is 5.43 Å². The Kier molecular flexibility index (Phi) is 4.14. The van der Waals surface area contributed by atoms with E-state index < -0.39 is 6.03 Å². The summed E-state index contributed by atoms with van der Waals surface area (Å²) in [6.45, 7) is 0. The average Bonchev–Trinajstić information content (AvgIpc) is 2.21. The zero-order valence-electron chi connectivity index (χ0n) is 8.12. The molecule has 0 aromatic carbocycles. The minimum absolute atomic E-state index is 0.269. The van der Waals surface area contributed by atoms with E-state index in [-0.39, 0.29) is 5.92 Å². The van der Waals surface area contributed by atoms with Crippen molar-refractivity contribution in [2.24, 2.45) is 16.8 Å². The van der Waals surface area contributed by atoms with Gasteiger partial charge in [-0.3, -0.25) is 5.43 Å². The Balaban J connectivity index is 2.67. The van der Waals surface area contributed by atoms with Crippen LogP contribution in [0.1, 0.15) is 32.1 Å². The van der Waals surface area contributed by atoms with Gasteiger partial charge in [-0.1, -0.05) is 6.42 Å². The van der Waals surface area contributed by atoms with Crippen molar-refractivity contribution >= 4 is 11.7 Å². The van der Waals surface area contributed by atoms with Crippen LogP contribution >= 0.6 is 0 Å². The Morgan fingerprint density at radius 1 is 1.71 bits per heavy atom. The minimum atomic E-state index is -0.482. The van der Waals surface area contributed by atoms with Crippen molar-refractivity contribution in [1.82, 2.24) is 5.43 Å². The van der Waals surface area contributed by atoms with E-state index in [1.54, 1.807) is 0 Å². The Morgan fingerprint density at radius 3 is 3.14 bits per heavy atom. The maximum atomic E-state index is 11.0. The lowest BCUT2D eigenvalue weighted by molar-refractivity contribution is 0.249. The number of hydrogen-bond donors (Lipinski definition) is 2. The van der Waals surface area contributed by atoms with Crippen LogP contribution in [0.3, 0.4) is 0 Å². The molecule has 1 aliphatic carbocycles. The summed E-state index contributed by atoms with van der Waals surface area (Å²) in [5.74, 6) is 7.85. The SMILES string of the molecule is C#CCC1CCCC/C1=N/C(=O)NN. The highest BCUT2D eigenvalue weighted by Gasteiger charge is 2.20. The Hall–Kier alpha value is -1.34. The molecule has 0 spiro atoms. The monoisotopic (exact) mass is 193 g/mol. The molecule has 4 nitrogen and oxygen atoms in total. The summed E-state index contributed by atoms with van der Waals surface area (Å²) >= 11 is 0. The van der Waals surface area contributed by atoms with Crippen molar-refractivity contribution in [3.63, 3.8) is 0 Å². The van der Waals surface area contributed by atoms with Gasteiger partial charge in [-0.2, -0.15) is 0 Å². The van der Waals surface area contributed by atoms with Crippen molar-refractivity contribution < 1.29 is 4.79 Å². The van der Waals surface area contributed by atoms with Crippen molar-refractivity contribution in [3.8, 4) is 12.3 Å². The molecular weight excluding hydrogens is 178 g/mol. The van der Waals surface area contributed by atoms with Gasteiger partial charge in [0, 0.05) is 18.1 Å². The third kappa shape index (κ3) is 2.86. The molecule has 1 fully saturated rings. The second-order valence-electron chi connectivity index (χ2n) is 3.40. The summed E-state index contributed by atoms with van der Waals surface area (Å²) in [6, 6.07) is -0.482. The van der Waals surface area contributed by atoms with Crippen molar-refractivity contribution in [2.75, 3.05) is 0 Å². The van der Waals surface area contributed by atoms with Gasteiger partial charge in [0.25, 0.3) is 0 Å². The largest absolute Gasteiger partial charge is 0.354 e. The van der Waals surface area contributed by atoms with Gasteiger partial charge in [-0.25, -0.2) is 15.6 Å². The normalized spacial score (nSPS) is 24.3. The molecule has 1 rings (SSSR count). The topological polar surface area (TPSA) is 67.5 Å². The van der Waals surface area contributed by atoms with E-state index in [0.717, 1.165) is 31.4 Å². The molecule has 0 heterocycles. The van der Waals surface area contributed by atoms with Gasteiger partial charge in [-0.05, 0) is 19.3 Å². The summed E-state index contributed by atoms with van der Waals surface area (Å²) in [5.41, 5.74) is 2.90. The van der Waals surface area contributed by atoms with Crippen LogP contribution in [0.4, 0.5) is 4.79 Å². The molecule has 0 aromatic heterocycles. The van der Waals surface area contributed by atoms with Crippen LogP contribution in [0, 0.1) is 18.3 Å². The third-order valence-electron chi connectivity index (χ3n) is 2.44. The predicted molar refractivity (Wildman–Crippen MR) is 55.6 cm³/mol. The van der Waals surface area contributed by atoms with E-state index in [4.69, 9.17) is 12.3 Å². The number of urea groups is 1. The first-order chi connectivity index (χ1) is 6.77. The van der Waals surface area contributed by atoms with Gasteiger partial charge < -0.3 is 0 Å². The van der Waals surface area contributed by atoms with Crippen LogP contribution < -0.4 is 11.3 Å². The lowest BCUT2D eigenvalue weighted by Crippen LogP contribution is -2.30. The Morgan fingerprint density at radius 2 is 2.50 bits per heavy atom. The number of hydrogen-bond acceptors (Lipinski definition) is 2. The quantitative estimate of drug-likeness (QED) is 0.284. The van der Waals surface area contributed by atoms with E-state index in [0.29, 0.717) is 6.42 Å². The Labute approximate surface area is 83.9 Å². The second-order valence-corrected chi connectivity index (χ2v) is 3.40. The highest BCUT2D eigenvalue weighted by molar-refractivity contribution is 5.96. The summed E-state index contributed by atoms with van der Waals surface area (Å²) in [5, 5.41) is 0. The molecule has 4 heteroatoms. The molecule has 2 amide bonds. The fourth-order valence-corrected chi connectivity index (χ4v) is 1.74. The molecule has 3 N–H and O–H groups in total. The summed E-state index contributed by atoms with van der Waals surface area (Å²) in [4.78, 5) is 14.9. The van der Waals surface area contributed by atoms with E-state index in [2.05, 4.69) is 10.9 Å². The number of aliphatic imine (C=N–C) groups is 1. The van der Waals surface area contributed by atoms with Crippen molar-refractivity contribution in [1.29, 1.82) is 0 Å². The molecule has 0 aliphatic heterocycles. The van der Waals surface area contributed by atoms with Crippen LogP contribution in [-0.4, -0.2) is 11.7 Å². The zero-order chi connectivity index (χ0) is 10.4. The third-order valence-corrected chi connectivity index (χ3v) is 2.44. The number of nitrogens with zero attached hydrogens (tertiary/aromatic N) is 1. The van der Waals surface area contributed by atoms with Gasteiger partial charge in [0.15, 0.2) is 0 Å². The standard InChI is InChI=1S/C10H15N3O/c1-2-5-8-6-3-4-7-9(8)12-10(14)13-11/h1,8H,3-7,11H2,(H,13,14)/b12-9-. The summed E-state index contributed by atoms with van der Waals surface area (Å²) in [6.07, 6.45) is 10.1. The fourth-order valence-electron chi connectivity index (χ4n) is 1.74. The fraction of sp³-hybridized carbons (Fsp3) is 0.600. The zero-order valence-corrected chi connectivity index (χ0v) is 8.12. The van der Waals surface area contributed by atoms with Crippen molar-refractivity contribution in [3.05, 3.63) is 0 Å². The number of carbonyl (C=O) groups is 1. The molecule has 1 aliphatic rings. The average molecular weight is 193 g/mol.